The van der Waals surface area contributed by atoms with Gasteiger partial charge < -0.3 is 24.6 Å². The Labute approximate surface area is 189 Å². The molecule has 0 spiro atoms. The van der Waals surface area contributed by atoms with Gasteiger partial charge in [-0.25, -0.2) is 0 Å². The fourth-order valence-corrected chi connectivity index (χ4v) is 5.15. The maximum atomic E-state index is 13.1. The predicted molar refractivity (Wildman–Crippen MR) is 127 cm³/mol. The van der Waals surface area contributed by atoms with Gasteiger partial charge in [-0.15, -0.1) is 0 Å². The number of hydrogen-bond donors (Lipinski definition) is 2. The fourth-order valence-electron chi connectivity index (χ4n) is 2.91. The summed E-state index contributed by atoms with van der Waals surface area (Å²) in [5.41, 5.74) is 2.01. The average molecular weight is 460 g/mol. The topological polar surface area (TPSA) is 79.2 Å². The van der Waals surface area contributed by atoms with Crippen LogP contribution in [-0.4, -0.2) is 60.1 Å². The molecule has 1 rings (SSSR count). The van der Waals surface area contributed by atoms with Crippen LogP contribution in [0.1, 0.15) is 51.2 Å². The zero-order valence-corrected chi connectivity index (χ0v) is 20.3. The molecule has 1 amide bonds. The summed E-state index contributed by atoms with van der Waals surface area (Å²) in [5, 5.41) is 19.1. The third kappa shape index (κ3) is 10.5. The van der Waals surface area contributed by atoms with E-state index >= 15 is 0 Å². The summed E-state index contributed by atoms with van der Waals surface area (Å²) >= 11 is 0. The van der Waals surface area contributed by atoms with E-state index in [1.165, 1.54) is 0 Å². The minimum Gasteiger partial charge on any atom is -0.392 e. The monoisotopic (exact) mass is 459 g/mol. The summed E-state index contributed by atoms with van der Waals surface area (Å²) in [5.74, 6) is 0.00888. The van der Waals surface area contributed by atoms with Crippen molar-refractivity contribution in [1.29, 1.82) is 0 Å². The maximum Gasteiger partial charge on any atom is 0.227 e. The molecular formula is C22H37NO5S2. The molecule has 0 aliphatic heterocycles. The Balaban J connectivity index is 2.84. The molecule has 0 atom stereocenters. The van der Waals surface area contributed by atoms with Gasteiger partial charge in [0.1, 0.15) is 0 Å². The van der Waals surface area contributed by atoms with Crippen LogP contribution in [0, 0.1) is 0 Å². The summed E-state index contributed by atoms with van der Waals surface area (Å²) < 4.78 is 11.1. The lowest BCUT2D eigenvalue weighted by atomic mass is 10.1. The van der Waals surface area contributed by atoms with Crippen molar-refractivity contribution in [3.8, 4) is 0 Å². The van der Waals surface area contributed by atoms with E-state index in [4.69, 9.17) is 9.47 Å². The standard InChI is InChI=1S/C22H37NO5S2/c1-5-9-27-11-12-28-10-8-23(21(26)6-7-22(2,3)30-29-4)20-14-18(16-24)13-19(15-20)17-25/h13-15,24-25H,5-12,16-17H2,1-4H3. The first-order chi connectivity index (χ1) is 14.4. The Hall–Kier alpha value is -0.770. The Bertz CT molecular complexity index is 605. The summed E-state index contributed by atoms with van der Waals surface area (Å²) in [7, 11) is 3.47. The highest BCUT2D eigenvalue weighted by Crippen LogP contribution is 2.37. The van der Waals surface area contributed by atoms with Gasteiger partial charge in [-0.2, -0.15) is 0 Å². The van der Waals surface area contributed by atoms with E-state index in [2.05, 4.69) is 20.8 Å². The number of amides is 1. The second-order valence-electron chi connectivity index (χ2n) is 7.60. The van der Waals surface area contributed by atoms with Crippen molar-refractivity contribution in [1.82, 2.24) is 0 Å². The SMILES string of the molecule is CCCOCCOCCN(C(=O)CCC(C)(C)SSC)c1cc(CO)cc(CO)c1. The summed E-state index contributed by atoms with van der Waals surface area (Å²) in [4.78, 5) is 14.8. The van der Waals surface area contributed by atoms with E-state index in [-0.39, 0.29) is 23.9 Å². The van der Waals surface area contributed by atoms with Gasteiger partial charge in [0.25, 0.3) is 0 Å². The number of ether oxygens (including phenoxy) is 2. The van der Waals surface area contributed by atoms with Crippen LogP contribution in [0.2, 0.25) is 0 Å². The van der Waals surface area contributed by atoms with Crippen LogP contribution in [-0.2, 0) is 27.5 Å². The first-order valence-electron chi connectivity index (χ1n) is 10.4. The van der Waals surface area contributed by atoms with Gasteiger partial charge >= 0.3 is 0 Å². The quantitative estimate of drug-likeness (QED) is 0.285. The molecule has 0 fully saturated rings. The van der Waals surface area contributed by atoms with Gasteiger partial charge in [-0.3, -0.25) is 4.79 Å². The molecule has 0 aromatic heterocycles. The zero-order valence-electron chi connectivity index (χ0n) is 18.7. The Morgan fingerprint density at radius 3 is 2.17 bits per heavy atom. The van der Waals surface area contributed by atoms with E-state index in [1.54, 1.807) is 44.7 Å². The molecule has 0 aliphatic carbocycles. The van der Waals surface area contributed by atoms with Crippen LogP contribution < -0.4 is 4.90 Å². The Kier molecular flexibility index (Phi) is 13.7. The minimum absolute atomic E-state index is 0.00291. The number of aliphatic hydroxyl groups is 2. The summed E-state index contributed by atoms with van der Waals surface area (Å²) in [6.45, 7) is 8.58. The molecule has 0 bridgehead atoms. The van der Waals surface area contributed by atoms with Gasteiger partial charge in [-0.05, 0) is 56.2 Å². The zero-order chi connectivity index (χ0) is 22.4. The molecule has 1 aromatic rings. The molecule has 0 radical (unpaired) electrons. The molecule has 8 heteroatoms. The van der Waals surface area contributed by atoms with Crippen LogP contribution in [0.4, 0.5) is 5.69 Å². The van der Waals surface area contributed by atoms with Crippen LogP contribution in [0.25, 0.3) is 0 Å². The molecule has 0 aliphatic rings. The first kappa shape index (κ1) is 27.3. The van der Waals surface area contributed by atoms with Gasteiger partial charge in [0.05, 0.1) is 33.0 Å². The number of anilines is 1. The molecule has 6 nitrogen and oxygen atoms in total. The number of rotatable bonds is 16. The van der Waals surface area contributed by atoms with Gasteiger partial charge in [0.15, 0.2) is 0 Å². The normalized spacial score (nSPS) is 11.7. The molecule has 1 aromatic carbocycles. The van der Waals surface area contributed by atoms with Crippen molar-refractivity contribution >= 4 is 33.2 Å². The number of carbonyl (C=O) groups is 1. The van der Waals surface area contributed by atoms with Crippen molar-refractivity contribution in [2.45, 2.75) is 58.0 Å². The first-order valence-corrected chi connectivity index (χ1v) is 12.9. The molecule has 2 N–H and O–H groups in total. The molecule has 30 heavy (non-hydrogen) atoms. The Morgan fingerprint density at radius 2 is 1.63 bits per heavy atom. The lowest BCUT2D eigenvalue weighted by molar-refractivity contribution is -0.119. The summed E-state index contributed by atoms with van der Waals surface area (Å²) in [6.07, 6.45) is 4.19. The third-order valence-electron chi connectivity index (χ3n) is 4.44. The maximum absolute atomic E-state index is 13.1. The molecular weight excluding hydrogens is 422 g/mol. The van der Waals surface area contributed by atoms with Crippen molar-refractivity contribution in [3.63, 3.8) is 0 Å². The molecule has 0 unspecified atom stereocenters. The smallest absolute Gasteiger partial charge is 0.227 e. The van der Waals surface area contributed by atoms with E-state index in [0.717, 1.165) is 19.4 Å². The molecule has 0 saturated carbocycles. The highest BCUT2D eigenvalue weighted by Gasteiger charge is 2.23. The van der Waals surface area contributed by atoms with E-state index in [0.29, 0.717) is 49.6 Å². The lowest BCUT2D eigenvalue weighted by Crippen LogP contribution is -2.35. The molecule has 0 heterocycles. The summed E-state index contributed by atoms with van der Waals surface area (Å²) in [6, 6.07) is 5.33. The van der Waals surface area contributed by atoms with Crippen molar-refractivity contribution in [2.75, 3.05) is 44.1 Å². The van der Waals surface area contributed by atoms with Crippen molar-refractivity contribution in [2.24, 2.45) is 0 Å². The average Bonchev–Trinajstić information content (AvgIpc) is 2.73. The largest absolute Gasteiger partial charge is 0.392 e. The highest BCUT2D eigenvalue weighted by atomic mass is 33.1. The predicted octanol–water partition coefficient (Wildman–Crippen LogP) is 4.02. The number of aliphatic hydroxyl groups excluding tert-OH is 2. The second kappa shape index (κ2) is 15.1. The van der Waals surface area contributed by atoms with E-state index < -0.39 is 0 Å². The fraction of sp³-hybridized carbons (Fsp3) is 0.682. The van der Waals surface area contributed by atoms with Crippen LogP contribution in [0.15, 0.2) is 18.2 Å². The van der Waals surface area contributed by atoms with Crippen molar-refractivity contribution < 1.29 is 24.5 Å². The van der Waals surface area contributed by atoms with E-state index in [1.807, 2.05) is 6.26 Å². The number of nitrogens with zero attached hydrogens (tertiary/aromatic N) is 1. The highest BCUT2D eigenvalue weighted by molar-refractivity contribution is 8.76. The second-order valence-corrected chi connectivity index (χ2v) is 10.7. The number of benzene rings is 1. The minimum atomic E-state index is -0.147. The molecule has 0 saturated heterocycles. The van der Waals surface area contributed by atoms with Gasteiger partial charge in [-0.1, -0.05) is 34.6 Å². The Morgan fingerprint density at radius 1 is 1.03 bits per heavy atom. The van der Waals surface area contributed by atoms with Crippen LogP contribution in [0.5, 0.6) is 0 Å². The van der Waals surface area contributed by atoms with Gasteiger partial charge in [0, 0.05) is 30.0 Å². The van der Waals surface area contributed by atoms with Gasteiger partial charge in [0.2, 0.25) is 5.91 Å². The van der Waals surface area contributed by atoms with Crippen LogP contribution >= 0.6 is 21.6 Å². The van der Waals surface area contributed by atoms with Crippen molar-refractivity contribution in [3.05, 3.63) is 29.3 Å². The lowest BCUT2D eigenvalue weighted by Gasteiger charge is -2.27. The number of carbonyl (C=O) groups excluding carboxylic acids is 1. The molecule has 172 valence electrons. The number of hydrogen-bond acceptors (Lipinski definition) is 7. The van der Waals surface area contributed by atoms with Crippen LogP contribution in [0.3, 0.4) is 0 Å². The van der Waals surface area contributed by atoms with E-state index in [9.17, 15) is 15.0 Å². The third-order valence-corrected chi connectivity index (χ3v) is 7.12.